The Morgan fingerprint density at radius 3 is 2.10 bits per heavy atom. The fourth-order valence-electron chi connectivity index (χ4n) is 4.31. The number of ketones is 1. The number of fused-ring (bicyclic) bond motifs is 2. The van der Waals surface area contributed by atoms with Crippen molar-refractivity contribution in [1.29, 1.82) is 0 Å². The van der Waals surface area contributed by atoms with Gasteiger partial charge in [0.25, 0.3) is 0 Å². The quantitative estimate of drug-likeness (QED) is 0.162. The Kier molecular flexibility index (Phi) is 9.36. The summed E-state index contributed by atoms with van der Waals surface area (Å²) in [7, 11) is 0. The lowest BCUT2D eigenvalue weighted by Gasteiger charge is -2.20. The molecular weight excluding hydrogens is 554 g/mol. The van der Waals surface area contributed by atoms with Crippen LogP contribution >= 0.6 is 38.5 Å². The molecule has 0 saturated heterocycles. The number of hydrogen-bond acceptors (Lipinski definition) is 1. The predicted octanol–water partition coefficient (Wildman–Crippen LogP) is 8.79. The van der Waals surface area contributed by atoms with E-state index in [1.807, 2.05) is 18.2 Å². The minimum Gasteiger partial charge on any atom is -0.289 e. The first kappa shape index (κ1) is 23.9. The molecule has 3 rings (SSSR count). The van der Waals surface area contributed by atoms with E-state index in [1.165, 1.54) is 51.4 Å². The summed E-state index contributed by atoms with van der Waals surface area (Å²) in [4.78, 5) is 13.0. The number of carbonyl (C=O) groups excluding carboxylic acids is 1. The molecule has 0 amide bonds. The molecule has 30 heavy (non-hydrogen) atoms. The van der Waals surface area contributed by atoms with Crippen LogP contribution in [0, 0.1) is 9.39 Å². The van der Waals surface area contributed by atoms with Crippen molar-refractivity contribution >= 4 is 44.3 Å². The Morgan fingerprint density at radius 1 is 0.867 bits per heavy atom. The van der Waals surface area contributed by atoms with E-state index in [4.69, 9.17) is 0 Å². The average molecular weight is 585 g/mol. The Hall–Kier alpha value is -0.750. The molecule has 162 valence electrons. The van der Waals surface area contributed by atoms with Gasteiger partial charge in [-0.25, -0.2) is 4.39 Å². The Morgan fingerprint density at radius 2 is 1.43 bits per heavy atom. The molecule has 1 aliphatic carbocycles. The highest BCUT2D eigenvalue weighted by Gasteiger charge is 2.25. The zero-order chi connectivity index (χ0) is 21.5. The van der Waals surface area contributed by atoms with Crippen LogP contribution in [0.2, 0.25) is 0 Å². The van der Waals surface area contributed by atoms with Gasteiger partial charge < -0.3 is 0 Å². The van der Waals surface area contributed by atoms with Crippen LogP contribution in [0.3, 0.4) is 0 Å². The molecule has 1 aliphatic rings. The number of benzene rings is 2. The summed E-state index contributed by atoms with van der Waals surface area (Å²) in [6.45, 7) is 2.25. The first-order valence-electron chi connectivity index (χ1n) is 11.3. The summed E-state index contributed by atoms with van der Waals surface area (Å²) in [6.07, 6.45) is 14.0. The van der Waals surface area contributed by atoms with Gasteiger partial charge in [-0.15, -0.1) is 0 Å². The van der Waals surface area contributed by atoms with Crippen molar-refractivity contribution in [3.8, 4) is 0 Å². The van der Waals surface area contributed by atoms with Gasteiger partial charge in [0.1, 0.15) is 5.82 Å². The largest absolute Gasteiger partial charge is 0.289 e. The monoisotopic (exact) mass is 584 g/mol. The molecule has 0 aliphatic heterocycles. The molecule has 0 spiro atoms. The molecule has 4 heteroatoms. The first-order chi connectivity index (χ1) is 14.5. The van der Waals surface area contributed by atoms with Crippen LogP contribution in [0.1, 0.15) is 104 Å². The minimum atomic E-state index is -0.162. The number of halogens is 3. The van der Waals surface area contributed by atoms with Crippen molar-refractivity contribution in [2.45, 2.75) is 84.0 Å². The van der Waals surface area contributed by atoms with Crippen molar-refractivity contribution < 1.29 is 9.18 Å². The van der Waals surface area contributed by atoms with E-state index in [0.29, 0.717) is 24.0 Å². The maximum Gasteiger partial charge on any atom is 0.193 e. The molecule has 0 fully saturated rings. The number of rotatable bonds is 11. The van der Waals surface area contributed by atoms with Gasteiger partial charge in [0, 0.05) is 19.2 Å². The summed E-state index contributed by atoms with van der Waals surface area (Å²) in [5, 5.41) is 0. The van der Waals surface area contributed by atoms with Crippen molar-refractivity contribution in [2.75, 3.05) is 0 Å². The van der Waals surface area contributed by atoms with Crippen LogP contribution in [0.15, 0.2) is 28.7 Å². The summed E-state index contributed by atoms with van der Waals surface area (Å²) < 4.78 is 16.7. The zero-order valence-electron chi connectivity index (χ0n) is 17.8. The summed E-state index contributed by atoms with van der Waals surface area (Å²) in [5.41, 5.74) is 3.92. The first-order valence-corrected chi connectivity index (χ1v) is 13.2. The smallest absolute Gasteiger partial charge is 0.193 e. The van der Waals surface area contributed by atoms with Crippen molar-refractivity contribution in [3.05, 3.63) is 65.9 Å². The lowest BCUT2D eigenvalue weighted by molar-refractivity contribution is 0.103. The van der Waals surface area contributed by atoms with Gasteiger partial charge in [0.05, 0.1) is 0 Å². The van der Waals surface area contributed by atoms with E-state index in [9.17, 15) is 9.18 Å². The number of aryl methyl sites for hydroxylation is 1. The molecular formula is C26H31BrFIO. The molecule has 1 nitrogen and oxygen atoms in total. The van der Waals surface area contributed by atoms with Gasteiger partial charge in [-0.05, 0) is 98.7 Å². The van der Waals surface area contributed by atoms with Gasteiger partial charge in [0.15, 0.2) is 5.78 Å². The molecule has 0 bridgehead atoms. The highest BCUT2D eigenvalue weighted by atomic mass is 127. The molecule has 2 aromatic carbocycles. The van der Waals surface area contributed by atoms with Crippen molar-refractivity contribution in [1.82, 2.24) is 0 Å². The standard InChI is InChI=1S/C26H31BrFIO/c1-2-3-4-5-6-7-8-9-10-11-12-18-14-21-20(16-24(18)28)13-19-15-23(27)25(29)17-22(19)26(21)30/h14-17H,2-13H2,1H3. The van der Waals surface area contributed by atoms with Crippen LogP contribution in [-0.2, 0) is 12.8 Å². The lowest BCUT2D eigenvalue weighted by Crippen LogP contribution is -2.16. The molecule has 0 saturated carbocycles. The van der Waals surface area contributed by atoms with E-state index in [2.05, 4.69) is 45.4 Å². The second-order valence-corrected chi connectivity index (χ2v) is 10.5. The molecule has 0 atom stereocenters. The van der Waals surface area contributed by atoms with E-state index >= 15 is 0 Å². The number of hydrogen-bond donors (Lipinski definition) is 0. The zero-order valence-corrected chi connectivity index (χ0v) is 21.6. The third-order valence-electron chi connectivity index (χ3n) is 6.09. The Labute approximate surface area is 202 Å². The third-order valence-corrected chi connectivity index (χ3v) is 8.38. The summed E-state index contributed by atoms with van der Waals surface area (Å²) in [6, 6.07) is 7.34. The van der Waals surface area contributed by atoms with Gasteiger partial charge in [0.2, 0.25) is 0 Å². The second kappa shape index (κ2) is 11.8. The molecule has 0 radical (unpaired) electrons. The fraction of sp³-hybridized carbons (Fsp3) is 0.500. The predicted molar refractivity (Wildman–Crippen MR) is 135 cm³/mol. The molecule has 0 aromatic heterocycles. The van der Waals surface area contributed by atoms with Crippen molar-refractivity contribution in [2.24, 2.45) is 0 Å². The third kappa shape index (κ3) is 6.15. The number of unbranched alkanes of at least 4 members (excludes halogenated alkanes) is 9. The summed E-state index contributed by atoms with van der Waals surface area (Å²) in [5.74, 6) is -0.133. The normalized spacial score (nSPS) is 12.7. The van der Waals surface area contributed by atoms with Crippen LogP contribution in [0.25, 0.3) is 0 Å². The Bertz CT molecular complexity index is 893. The molecule has 2 aromatic rings. The van der Waals surface area contributed by atoms with Gasteiger partial charge >= 0.3 is 0 Å². The van der Waals surface area contributed by atoms with Crippen LogP contribution < -0.4 is 0 Å². The van der Waals surface area contributed by atoms with Crippen molar-refractivity contribution in [3.63, 3.8) is 0 Å². The maximum absolute atomic E-state index is 14.7. The van der Waals surface area contributed by atoms with E-state index < -0.39 is 0 Å². The Balaban J connectivity index is 1.52. The average Bonchev–Trinajstić information content (AvgIpc) is 2.72. The van der Waals surface area contributed by atoms with E-state index in [-0.39, 0.29) is 11.6 Å². The van der Waals surface area contributed by atoms with Crippen LogP contribution in [0.5, 0.6) is 0 Å². The molecule has 0 unspecified atom stereocenters. The van der Waals surface area contributed by atoms with Gasteiger partial charge in [-0.1, -0.05) is 64.7 Å². The van der Waals surface area contributed by atoms with Gasteiger partial charge in [-0.2, -0.15) is 0 Å². The van der Waals surface area contributed by atoms with Gasteiger partial charge in [-0.3, -0.25) is 4.79 Å². The maximum atomic E-state index is 14.7. The van der Waals surface area contributed by atoms with E-state index in [1.54, 1.807) is 6.07 Å². The highest BCUT2D eigenvalue weighted by molar-refractivity contribution is 14.1. The number of carbonyl (C=O) groups is 1. The van der Waals surface area contributed by atoms with E-state index in [0.717, 1.165) is 37.6 Å². The SMILES string of the molecule is CCCCCCCCCCCCc1cc2c(cc1F)Cc1cc(Br)c(I)cc1C2=O. The fourth-order valence-corrected chi connectivity index (χ4v) is 5.17. The van der Waals surface area contributed by atoms with Crippen LogP contribution in [0.4, 0.5) is 4.39 Å². The highest BCUT2D eigenvalue weighted by Crippen LogP contribution is 2.33. The second-order valence-electron chi connectivity index (χ2n) is 8.46. The van der Waals surface area contributed by atoms with Crippen LogP contribution in [-0.4, -0.2) is 5.78 Å². The topological polar surface area (TPSA) is 17.1 Å². The summed E-state index contributed by atoms with van der Waals surface area (Å²) >= 11 is 5.76. The molecule has 0 N–H and O–H groups in total. The molecule has 0 heterocycles. The lowest BCUT2D eigenvalue weighted by atomic mass is 9.83. The minimum absolute atomic E-state index is 0.0287.